The number of imidazole rings is 2. The molecule has 0 unspecified atom stereocenters. The lowest BCUT2D eigenvalue weighted by Crippen LogP contribution is -2.50. The van der Waals surface area contributed by atoms with Gasteiger partial charge in [-0.05, 0) is 74.6 Å². The van der Waals surface area contributed by atoms with E-state index in [0.29, 0.717) is 59.9 Å². The summed E-state index contributed by atoms with van der Waals surface area (Å²) in [4.78, 5) is 65.1. The number of hydrogen-bond donors (Lipinski definition) is 11. The van der Waals surface area contributed by atoms with Crippen LogP contribution in [0.2, 0.25) is 10.6 Å². The first kappa shape index (κ1) is 42.9. The lowest BCUT2D eigenvalue weighted by molar-refractivity contribution is -0.126. The van der Waals surface area contributed by atoms with Gasteiger partial charge in [0.25, 0.3) is 0 Å². The number of carbonyl (C=O) groups excluding carboxylic acids is 3. The lowest BCUT2D eigenvalue weighted by Gasteiger charge is -2.35. The molecule has 23 nitrogen and oxygen atoms in total. The molecule has 0 radical (unpaired) electrons. The van der Waals surface area contributed by atoms with Gasteiger partial charge in [0.2, 0.25) is 22.4 Å². The number of piperidine rings is 1. The Morgan fingerprint density at radius 3 is 1.48 bits per heavy atom. The molecule has 4 aromatic rings. The van der Waals surface area contributed by atoms with Crippen LogP contribution >= 0.6 is 23.2 Å². The SMILES string of the molecule is O=C(CO)N[C@H]1C[C@@H](n2cnc3c(NC4CCN(C(=O)N[C@H]5CC[C@H](Nc6nc(Cl)nc7c6ncn7[C@@H]6C[C@H](NC(=O)CO)[C@@H](O)[C@H]6O)CC5)CC4)nc(Cl)nc32)[C@H](O)[C@@H]1O. The predicted molar refractivity (Wildman–Crippen MR) is 216 cm³/mol. The number of fused-ring (bicyclic) bond motifs is 2. The number of likely N-dealkylation sites (tertiary alicyclic amines) is 1. The van der Waals surface area contributed by atoms with Crippen LogP contribution in [0.1, 0.15) is 63.5 Å². The highest BCUT2D eigenvalue weighted by atomic mass is 35.5. The molecule has 4 amide bonds. The molecule has 0 spiro atoms. The second-order valence-corrected chi connectivity index (χ2v) is 16.8. The highest BCUT2D eigenvalue weighted by molar-refractivity contribution is 6.29. The number of nitrogens with one attached hydrogen (secondary N) is 5. The first-order valence-electron chi connectivity index (χ1n) is 20.2. The Balaban J connectivity index is 0.824. The van der Waals surface area contributed by atoms with E-state index in [2.05, 4.69) is 56.5 Å². The minimum Gasteiger partial charge on any atom is -0.388 e. The van der Waals surface area contributed by atoms with E-state index in [1.54, 1.807) is 14.0 Å². The van der Waals surface area contributed by atoms with Crippen LogP contribution in [0.4, 0.5) is 16.4 Å². The molecule has 330 valence electrons. The average Bonchev–Trinajstić information content (AvgIpc) is 4.00. The summed E-state index contributed by atoms with van der Waals surface area (Å²) >= 11 is 12.7. The van der Waals surface area contributed by atoms with Crippen LogP contribution in [-0.2, 0) is 9.59 Å². The maximum atomic E-state index is 13.4. The molecule has 8 atom stereocenters. The van der Waals surface area contributed by atoms with E-state index in [0.717, 1.165) is 25.7 Å². The Labute approximate surface area is 357 Å². The molecule has 3 saturated carbocycles. The van der Waals surface area contributed by atoms with E-state index >= 15 is 0 Å². The van der Waals surface area contributed by atoms with Crippen LogP contribution in [0.15, 0.2) is 12.7 Å². The van der Waals surface area contributed by atoms with Crippen LogP contribution in [0.25, 0.3) is 22.3 Å². The Hall–Kier alpha value is -4.75. The first-order valence-corrected chi connectivity index (χ1v) is 21.0. The zero-order chi connectivity index (χ0) is 43.1. The van der Waals surface area contributed by atoms with Gasteiger partial charge < -0.3 is 71.3 Å². The van der Waals surface area contributed by atoms with Crippen LogP contribution in [0, 0.1) is 0 Å². The van der Waals surface area contributed by atoms with Gasteiger partial charge >= 0.3 is 6.03 Å². The van der Waals surface area contributed by atoms with Crippen molar-refractivity contribution in [2.75, 3.05) is 36.9 Å². The Kier molecular flexibility index (Phi) is 12.6. The molecule has 0 bridgehead atoms. The fourth-order valence-electron chi connectivity index (χ4n) is 9.09. The number of halogens is 2. The maximum absolute atomic E-state index is 13.4. The van der Waals surface area contributed by atoms with Crippen molar-refractivity contribution in [2.45, 2.75) is 118 Å². The highest BCUT2D eigenvalue weighted by Crippen LogP contribution is 2.37. The van der Waals surface area contributed by atoms with Crippen molar-refractivity contribution < 1.29 is 45.0 Å². The Bertz CT molecular complexity index is 2250. The number of hydrogen-bond acceptors (Lipinski definition) is 17. The predicted octanol–water partition coefficient (Wildman–Crippen LogP) is -1.43. The van der Waals surface area contributed by atoms with Crippen molar-refractivity contribution in [1.29, 1.82) is 0 Å². The summed E-state index contributed by atoms with van der Waals surface area (Å²) in [6, 6.07) is -3.14. The molecule has 25 heteroatoms. The second kappa shape index (κ2) is 17.9. The normalized spacial score (nSPS) is 29.5. The molecule has 3 aliphatic carbocycles. The van der Waals surface area contributed by atoms with E-state index in [1.807, 2.05) is 0 Å². The molecule has 1 aliphatic heterocycles. The third-order valence-electron chi connectivity index (χ3n) is 12.3. The highest BCUT2D eigenvalue weighted by Gasteiger charge is 2.45. The number of rotatable bonds is 11. The number of nitrogens with zero attached hydrogens (tertiary/aromatic N) is 9. The summed E-state index contributed by atoms with van der Waals surface area (Å²) in [7, 11) is 0. The molecule has 8 rings (SSSR count). The quantitative estimate of drug-likeness (QED) is 0.0769. The molecular formula is C36H48Cl2N14O9. The number of anilines is 2. The summed E-state index contributed by atoms with van der Waals surface area (Å²) in [6.07, 6.45) is 2.43. The number of urea groups is 1. The number of aliphatic hydroxyl groups is 6. The van der Waals surface area contributed by atoms with Gasteiger partial charge in [0.1, 0.15) is 37.6 Å². The van der Waals surface area contributed by atoms with Crippen molar-refractivity contribution in [3.63, 3.8) is 0 Å². The van der Waals surface area contributed by atoms with E-state index in [1.165, 1.54) is 12.7 Å². The van der Waals surface area contributed by atoms with Gasteiger partial charge in [-0.25, -0.2) is 14.8 Å². The van der Waals surface area contributed by atoms with Crippen molar-refractivity contribution in [3.8, 4) is 0 Å². The topological polar surface area (TPSA) is 323 Å². The van der Waals surface area contributed by atoms with Gasteiger partial charge in [-0.2, -0.15) is 19.9 Å². The zero-order valence-corrected chi connectivity index (χ0v) is 34.2. The monoisotopic (exact) mass is 890 g/mol. The number of carbonyl (C=O) groups is 3. The smallest absolute Gasteiger partial charge is 0.317 e. The van der Waals surface area contributed by atoms with Gasteiger partial charge in [0.15, 0.2) is 34.0 Å². The van der Waals surface area contributed by atoms with Crippen molar-refractivity contribution in [1.82, 2.24) is 59.9 Å². The number of aromatic nitrogens is 8. The van der Waals surface area contributed by atoms with E-state index in [4.69, 9.17) is 33.4 Å². The van der Waals surface area contributed by atoms with Crippen LogP contribution in [0.3, 0.4) is 0 Å². The van der Waals surface area contributed by atoms with Crippen LogP contribution in [0.5, 0.6) is 0 Å². The molecule has 61 heavy (non-hydrogen) atoms. The Morgan fingerprint density at radius 1 is 0.607 bits per heavy atom. The van der Waals surface area contributed by atoms with Crippen LogP contribution in [-0.4, -0.2) is 173 Å². The summed E-state index contributed by atoms with van der Waals surface area (Å²) in [6.45, 7) is -0.494. The number of amides is 4. The van der Waals surface area contributed by atoms with Crippen molar-refractivity contribution >= 4 is 75.0 Å². The summed E-state index contributed by atoms with van der Waals surface area (Å²) in [5.74, 6) is -0.515. The minimum absolute atomic E-state index is 0.00529. The molecular weight excluding hydrogens is 843 g/mol. The molecule has 4 aromatic heterocycles. The van der Waals surface area contributed by atoms with Gasteiger partial charge in [0, 0.05) is 31.2 Å². The Morgan fingerprint density at radius 2 is 1.03 bits per heavy atom. The van der Waals surface area contributed by atoms with Gasteiger partial charge in [-0.3, -0.25) is 9.59 Å². The third kappa shape index (κ3) is 8.82. The van der Waals surface area contributed by atoms with Crippen molar-refractivity contribution in [2.24, 2.45) is 0 Å². The summed E-state index contributed by atoms with van der Waals surface area (Å²) in [5.41, 5.74) is 1.52. The average molecular weight is 892 g/mol. The molecule has 0 aromatic carbocycles. The van der Waals surface area contributed by atoms with Gasteiger partial charge in [0.05, 0.1) is 36.8 Å². The molecule has 5 heterocycles. The zero-order valence-electron chi connectivity index (χ0n) is 32.7. The fraction of sp³-hybridized carbons (Fsp3) is 0.639. The molecule has 11 N–H and O–H groups in total. The van der Waals surface area contributed by atoms with Crippen molar-refractivity contribution in [3.05, 3.63) is 23.2 Å². The van der Waals surface area contributed by atoms with E-state index in [9.17, 15) is 34.8 Å². The van der Waals surface area contributed by atoms with Crippen LogP contribution < -0.4 is 26.6 Å². The minimum atomic E-state index is -1.27. The number of aliphatic hydroxyl groups excluding tert-OH is 6. The second-order valence-electron chi connectivity index (χ2n) is 16.1. The van der Waals surface area contributed by atoms with E-state index < -0.39 is 73.6 Å². The molecule has 1 saturated heterocycles. The van der Waals surface area contributed by atoms with Gasteiger partial charge in [-0.1, -0.05) is 0 Å². The fourth-order valence-corrected chi connectivity index (χ4v) is 9.42. The molecule has 4 aliphatic rings. The first-order chi connectivity index (χ1) is 29.3. The standard InChI is InChI=1S/C36H48Cl2N14O9/c37-34-46-30(24-32(48-34)51(13-39-24)20-9-18(26(57)28(20)59)44-22(55)11-53)41-15-1-3-16(4-2-15)43-36(61)50-7-5-17(6-8-50)42-31-25-33(49-35(38)47-31)52(14-40-25)21-10-19(27(58)29(21)60)45-23(56)12-54/h13-21,26-29,53-54,57-60H,1-12H2,(H,43,61)(H,44,55)(H,45,56)(H,41,46,48)(H,42,47,49)/t15-,16-,18-,19-,20+,21+,26+,27+,28-,29-/m0/s1. The maximum Gasteiger partial charge on any atom is 0.317 e. The summed E-state index contributed by atoms with van der Waals surface area (Å²) in [5, 5.41) is 76.0. The van der Waals surface area contributed by atoms with E-state index in [-0.39, 0.29) is 47.6 Å². The lowest BCUT2D eigenvalue weighted by atomic mass is 9.91. The molecule has 4 fully saturated rings. The largest absolute Gasteiger partial charge is 0.388 e. The summed E-state index contributed by atoms with van der Waals surface area (Å²) < 4.78 is 3.21. The third-order valence-corrected chi connectivity index (χ3v) is 12.6. The van der Waals surface area contributed by atoms with Gasteiger partial charge in [-0.15, -0.1) is 0 Å².